The highest BCUT2D eigenvalue weighted by atomic mass is 32.2. The van der Waals surface area contributed by atoms with Gasteiger partial charge in [-0.15, -0.1) is 11.8 Å². The number of aliphatic carboxylic acids is 2. The first kappa shape index (κ1) is 26.0. The highest BCUT2D eigenvalue weighted by molar-refractivity contribution is 8.01. The van der Waals surface area contributed by atoms with E-state index < -0.39 is 59.2 Å². The molecule has 2 amide bonds. The Balaban J connectivity index is 1.83. The number of benzene rings is 1. The molecule has 0 spiro atoms. The summed E-state index contributed by atoms with van der Waals surface area (Å²) in [6, 6.07) is 4.63. The van der Waals surface area contributed by atoms with Gasteiger partial charge >= 0.3 is 17.9 Å². The number of hydrogen-bond acceptors (Lipinski definition) is 10. The Morgan fingerprint density at radius 2 is 1.91 bits per heavy atom. The summed E-state index contributed by atoms with van der Waals surface area (Å²) in [7, 11) is 1.25. The summed E-state index contributed by atoms with van der Waals surface area (Å²) in [6.45, 7) is 0.307. The third-order valence-electron chi connectivity index (χ3n) is 5.23. The lowest BCUT2D eigenvalue weighted by Gasteiger charge is -2.57. The van der Waals surface area contributed by atoms with E-state index in [2.05, 4.69) is 5.32 Å². The quantitative estimate of drug-likeness (QED) is 0.232. The molecule has 0 radical (unpaired) electrons. The van der Waals surface area contributed by atoms with Crippen molar-refractivity contribution in [1.82, 2.24) is 10.2 Å². The molecule has 1 aromatic carbocycles. The first-order valence-corrected chi connectivity index (χ1v) is 11.1. The molecule has 35 heavy (non-hydrogen) atoms. The van der Waals surface area contributed by atoms with Crippen molar-refractivity contribution in [2.75, 3.05) is 26.1 Å². The van der Waals surface area contributed by atoms with E-state index >= 15 is 0 Å². The Bertz CT molecular complexity index is 1090. The minimum Gasteiger partial charge on any atom is -0.482 e. The van der Waals surface area contributed by atoms with E-state index in [-0.39, 0.29) is 23.7 Å². The van der Waals surface area contributed by atoms with Gasteiger partial charge in [0.25, 0.3) is 5.91 Å². The number of fused-ring (bicyclic) bond motifs is 1. The van der Waals surface area contributed by atoms with Crippen LogP contribution < -0.4 is 15.8 Å². The summed E-state index contributed by atoms with van der Waals surface area (Å²) in [5, 5.41) is 21.1. The summed E-state index contributed by atoms with van der Waals surface area (Å²) in [5.41, 5.74) is 6.24. The number of carboxylic acid groups (broad SMARTS) is 2. The van der Waals surface area contributed by atoms with Crippen molar-refractivity contribution < 1.29 is 48.4 Å². The molecule has 0 bridgehead atoms. The molecule has 1 saturated heterocycles. The molecule has 2 heterocycles. The van der Waals surface area contributed by atoms with Crippen LogP contribution >= 0.6 is 11.8 Å². The van der Waals surface area contributed by atoms with E-state index in [0.717, 1.165) is 16.7 Å². The average Bonchev–Trinajstić information content (AvgIpc) is 2.81. The molecule has 0 saturated carbocycles. The van der Waals surface area contributed by atoms with Crippen LogP contribution in [0, 0.1) is 0 Å². The first-order chi connectivity index (χ1) is 16.5. The van der Waals surface area contributed by atoms with Crippen LogP contribution in [0.3, 0.4) is 0 Å². The lowest BCUT2D eigenvalue weighted by Crippen LogP contribution is -2.81. The summed E-state index contributed by atoms with van der Waals surface area (Å²) < 4.78 is 15.2. The van der Waals surface area contributed by atoms with Gasteiger partial charge in [-0.2, -0.15) is 0 Å². The Kier molecular flexibility index (Phi) is 7.67. The maximum Gasteiger partial charge on any atom is 0.352 e. The molecule has 13 nitrogen and oxygen atoms in total. The topological polar surface area (TPSA) is 195 Å². The standard InChI is InChI=1S/C21H23N3O10S/c1-10(25)33-7-12-9-35-21(17(32-2)19(29)24(21)16(12)20(30)31)23-18(28)15(22)11-3-5-13(6-4-11)34-8-14(26)27/h3-6,15,17H,7-9,22H2,1-2H3,(H,23,28)(H,26,27)(H,30,31)/t15?,17-,21+/m0/s1. The molecule has 188 valence electrons. The zero-order valence-corrected chi connectivity index (χ0v) is 19.5. The number of nitrogens with one attached hydrogen (secondary N) is 1. The van der Waals surface area contributed by atoms with Gasteiger partial charge in [0.1, 0.15) is 24.1 Å². The number of esters is 1. The first-order valence-electron chi connectivity index (χ1n) is 10.1. The van der Waals surface area contributed by atoms with Crippen LogP contribution in [0.4, 0.5) is 0 Å². The number of amides is 2. The highest BCUT2D eigenvalue weighted by Crippen LogP contribution is 2.49. The number of rotatable bonds is 10. The number of thioether (sulfide) groups is 1. The number of carboxylic acids is 2. The van der Waals surface area contributed by atoms with Crippen LogP contribution in [0.15, 0.2) is 35.5 Å². The van der Waals surface area contributed by atoms with E-state index in [1.165, 1.54) is 38.3 Å². The van der Waals surface area contributed by atoms with Crippen molar-refractivity contribution >= 4 is 41.5 Å². The van der Waals surface area contributed by atoms with Gasteiger partial charge in [0.15, 0.2) is 12.7 Å². The molecule has 2 aliphatic heterocycles. The van der Waals surface area contributed by atoms with Crippen molar-refractivity contribution in [3.8, 4) is 5.75 Å². The number of hydrogen-bond donors (Lipinski definition) is 4. The molecule has 5 N–H and O–H groups in total. The van der Waals surface area contributed by atoms with Crippen molar-refractivity contribution in [2.24, 2.45) is 5.73 Å². The SMILES string of the molecule is CO[C@H]1C(=O)N2C(C(=O)O)=C(COC(C)=O)CS[C@@]12NC(=O)C(N)c1ccc(OCC(=O)O)cc1. The number of ether oxygens (including phenoxy) is 3. The van der Waals surface area contributed by atoms with Gasteiger partial charge in [0.2, 0.25) is 10.9 Å². The van der Waals surface area contributed by atoms with Crippen LogP contribution in [-0.4, -0.2) is 82.0 Å². The van der Waals surface area contributed by atoms with Crippen molar-refractivity contribution in [2.45, 2.75) is 24.1 Å². The van der Waals surface area contributed by atoms with Crippen molar-refractivity contribution in [3.05, 3.63) is 41.1 Å². The Labute approximate surface area is 203 Å². The third kappa shape index (κ3) is 5.08. The van der Waals surface area contributed by atoms with Gasteiger partial charge in [-0.1, -0.05) is 12.1 Å². The molecule has 0 aromatic heterocycles. The minimum absolute atomic E-state index is 0.0314. The maximum atomic E-state index is 13.1. The Hall–Kier alpha value is -3.62. The van der Waals surface area contributed by atoms with Crippen LogP contribution in [0.1, 0.15) is 18.5 Å². The van der Waals surface area contributed by atoms with Gasteiger partial charge in [0, 0.05) is 25.4 Å². The number of methoxy groups -OCH3 is 1. The summed E-state index contributed by atoms with van der Waals surface area (Å²) in [5.74, 6) is -4.31. The minimum atomic E-state index is -1.57. The van der Waals surface area contributed by atoms with E-state index in [9.17, 15) is 29.1 Å². The van der Waals surface area contributed by atoms with Gasteiger partial charge in [0.05, 0.1) is 0 Å². The monoisotopic (exact) mass is 509 g/mol. The van der Waals surface area contributed by atoms with Crippen LogP contribution in [0.5, 0.6) is 5.75 Å². The fourth-order valence-corrected chi connectivity index (χ4v) is 5.07. The molecule has 1 aromatic rings. The average molecular weight is 509 g/mol. The fourth-order valence-electron chi connectivity index (χ4n) is 3.63. The number of carbonyl (C=O) groups is 5. The second kappa shape index (κ2) is 10.3. The Morgan fingerprint density at radius 3 is 2.46 bits per heavy atom. The molecular weight excluding hydrogens is 486 g/mol. The van der Waals surface area contributed by atoms with E-state index in [1.807, 2.05) is 0 Å². The maximum absolute atomic E-state index is 13.1. The molecule has 0 aliphatic carbocycles. The van der Waals surface area contributed by atoms with Crippen LogP contribution in [-0.2, 0) is 33.4 Å². The van der Waals surface area contributed by atoms with Gasteiger partial charge in [-0.25, -0.2) is 9.59 Å². The van der Waals surface area contributed by atoms with E-state index in [1.54, 1.807) is 0 Å². The van der Waals surface area contributed by atoms with Gasteiger partial charge in [-0.3, -0.25) is 19.3 Å². The van der Waals surface area contributed by atoms with Crippen molar-refractivity contribution in [1.29, 1.82) is 0 Å². The lowest BCUT2D eigenvalue weighted by molar-refractivity contribution is -0.178. The summed E-state index contributed by atoms with van der Waals surface area (Å²) >= 11 is 1.03. The molecule has 14 heteroatoms. The smallest absolute Gasteiger partial charge is 0.352 e. The zero-order valence-electron chi connectivity index (χ0n) is 18.7. The van der Waals surface area contributed by atoms with Gasteiger partial charge in [-0.05, 0) is 17.7 Å². The van der Waals surface area contributed by atoms with E-state index in [0.29, 0.717) is 5.56 Å². The fraction of sp³-hybridized carbons (Fsp3) is 0.381. The van der Waals surface area contributed by atoms with E-state index in [4.69, 9.17) is 25.1 Å². The molecule has 1 fully saturated rings. The lowest BCUT2D eigenvalue weighted by atomic mass is 9.99. The number of nitrogens with two attached hydrogens (primary N) is 1. The second-order valence-electron chi connectivity index (χ2n) is 7.53. The molecule has 2 aliphatic rings. The van der Waals surface area contributed by atoms with Crippen LogP contribution in [0.25, 0.3) is 0 Å². The highest BCUT2D eigenvalue weighted by Gasteiger charge is 2.67. The summed E-state index contributed by atoms with van der Waals surface area (Å²) in [4.78, 5) is 59.0. The predicted molar refractivity (Wildman–Crippen MR) is 119 cm³/mol. The molecule has 3 rings (SSSR count). The number of carbonyl (C=O) groups excluding carboxylic acids is 3. The molecular formula is C21H23N3O10S. The predicted octanol–water partition coefficient (Wildman–Crippen LogP) is -0.574. The number of nitrogens with zero attached hydrogens (tertiary/aromatic N) is 1. The van der Waals surface area contributed by atoms with Gasteiger partial charge < -0.3 is 35.5 Å². The van der Waals surface area contributed by atoms with Crippen molar-refractivity contribution in [3.63, 3.8) is 0 Å². The third-order valence-corrected chi connectivity index (χ3v) is 6.66. The summed E-state index contributed by atoms with van der Waals surface area (Å²) in [6.07, 6.45) is -1.18. The zero-order chi connectivity index (χ0) is 25.9. The normalized spacial score (nSPS) is 22.0. The number of β-lactam (4-membered cyclic amide) rings is 1. The largest absolute Gasteiger partial charge is 0.482 e. The Morgan fingerprint density at radius 1 is 1.26 bits per heavy atom. The van der Waals surface area contributed by atoms with Crippen LogP contribution in [0.2, 0.25) is 0 Å². The molecule has 3 atom stereocenters. The second-order valence-corrected chi connectivity index (χ2v) is 8.73. The molecule has 1 unspecified atom stereocenters.